The van der Waals surface area contributed by atoms with Gasteiger partial charge in [0, 0.05) is 0 Å². The van der Waals surface area contributed by atoms with Crippen molar-refractivity contribution in [1.29, 1.82) is 0 Å². The summed E-state index contributed by atoms with van der Waals surface area (Å²) in [6.07, 6.45) is 0. The Morgan fingerprint density at radius 2 is 1.48 bits per heavy atom. The number of methoxy groups -OCH3 is 2. The minimum Gasteiger partial charge on any atom is -0.496 e. The van der Waals surface area contributed by atoms with Crippen LogP contribution in [0.3, 0.4) is 0 Å². The normalized spacial score (nSPS) is 12.4. The van der Waals surface area contributed by atoms with Gasteiger partial charge in [-0.05, 0) is 35.6 Å². The van der Waals surface area contributed by atoms with Crippen LogP contribution in [0.1, 0.15) is 55.2 Å². The fourth-order valence-corrected chi connectivity index (χ4v) is 2.70. The maximum atomic E-state index is 12.7. The SMILES string of the molecule is COc1cccc(OC)c1C(=O)N[C@H](C)c1ccc(C(C)(C)C)cc1. The first kappa shape index (κ1) is 18.8. The molecule has 0 bridgehead atoms. The first-order chi connectivity index (χ1) is 11.8. The summed E-state index contributed by atoms with van der Waals surface area (Å²) in [5.41, 5.74) is 2.83. The van der Waals surface area contributed by atoms with Crippen molar-refractivity contribution in [2.75, 3.05) is 14.2 Å². The van der Waals surface area contributed by atoms with E-state index in [1.54, 1.807) is 32.4 Å². The van der Waals surface area contributed by atoms with Crippen LogP contribution in [-0.2, 0) is 5.41 Å². The lowest BCUT2D eigenvalue weighted by Gasteiger charge is -2.21. The summed E-state index contributed by atoms with van der Waals surface area (Å²) in [5, 5.41) is 3.02. The van der Waals surface area contributed by atoms with Crippen LogP contribution >= 0.6 is 0 Å². The minimum absolute atomic E-state index is 0.107. The van der Waals surface area contributed by atoms with Crippen LogP contribution in [0.2, 0.25) is 0 Å². The largest absolute Gasteiger partial charge is 0.496 e. The molecule has 0 aliphatic heterocycles. The van der Waals surface area contributed by atoms with Crippen LogP contribution in [-0.4, -0.2) is 20.1 Å². The molecule has 134 valence electrons. The second-order valence-electron chi connectivity index (χ2n) is 7.10. The Morgan fingerprint density at radius 3 is 1.92 bits per heavy atom. The Labute approximate surface area is 150 Å². The van der Waals surface area contributed by atoms with Gasteiger partial charge >= 0.3 is 0 Å². The summed E-state index contributed by atoms with van der Waals surface area (Å²) in [6.45, 7) is 8.51. The van der Waals surface area contributed by atoms with E-state index in [1.807, 2.05) is 6.92 Å². The summed E-state index contributed by atoms with van der Waals surface area (Å²) in [7, 11) is 3.08. The van der Waals surface area contributed by atoms with Gasteiger partial charge in [0.15, 0.2) is 0 Å². The Balaban J connectivity index is 2.21. The van der Waals surface area contributed by atoms with Gasteiger partial charge in [0.05, 0.1) is 20.3 Å². The highest BCUT2D eigenvalue weighted by Crippen LogP contribution is 2.29. The highest BCUT2D eigenvalue weighted by atomic mass is 16.5. The summed E-state index contributed by atoms with van der Waals surface area (Å²) in [5.74, 6) is 0.765. The zero-order valence-corrected chi connectivity index (χ0v) is 15.8. The second-order valence-corrected chi connectivity index (χ2v) is 7.10. The van der Waals surface area contributed by atoms with E-state index in [9.17, 15) is 4.79 Å². The van der Waals surface area contributed by atoms with Gasteiger partial charge in [-0.1, -0.05) is 51.1 Å². The van der Waals surface area contributed by atoms with Crippen molar-refractivity contribution in [1.82, 2.24) is 5.32 Å². The van der Waals surface area contributed by atoms with Crippen molar-refractivity contribution in [2.24, 2.45) is 0 Å². The number of ether oxygens (including phenoxy) is 2. The van der Waals surface area contributed by atoms with E-state index in [4.69, 9.17) is 9.47 Å². The smallest absolute Gasteiger partial charge is 0.259 e. The summed E-state index contributed by atoms with van der Waals surface area (Å²) >= 11 is 0. The third kappa shape index (κ3) is 4.32. The fourth-order valence-electron chi connectivity index (χ4n) is 2.70. The molecule has 0 radical (unpaired) electrons. The molecule has 2 rings (SSSR count). The van der Waals surface area contributed by atoms with Crippen LogP contribution in [0.25, 0.3) is 0 Å². The number of hydrogen-bond acceptors (Lipinski definition) is 3. The molecule has 0 unspecified atom stereocenters. The molecule has 4 nitrogen and oxygen atoms in total. The van der Waals surface area contributed by atoms with E-state index in [0.717, 1.165) is 5.56 Å². The number of carbonyl (C=O) groups is 1. The van der Waals surface area contributed by atoms with Crippen molar-refractivity contribution >= 4 is 5.91 Å². The molecule has 0 fully saturated rings. The van der Waals surface area contributed by atoms with Gasteiger partial charge in [-0.3, -0.25) is 4.79 Å². The van der Waals surface area contributed by atoms with E-state index in [2.05, 4.69) is 50.4 Å². The van der Waals surface area contributed by atoms with Gasteiger partial charge in [-0.15, -0.1) is 0 Å². The van der Waals surface area contributed by atoms with Crippen LogP contribution in [0.4, 0.5) is 0 Å². The Bertz CT molecular complexity index is 708. The number of benzene rings is 2. The summed E-state index contributed by atoms with van der Waals surface area (Å²) in [6, 6.07) is 13.5. The highest BCUT2D eigenvalue weighted by molar-refractivity contribution is 5.99. The quantitative estimate of drug-likeness (QED) is 0.871. The monoisotopic (exact) mass is 341 g/mol. The molecule has 0 saturated carbocycles. The Kier molecular flexibility index (Phi) is 5.73. The highest BCUT2D eigenvalue weighted by Gasteiger charge is 2.20. The molecule has 1 amide bonds. The van der Waals surface area contributed by atoms with Crippen LogP contribution in [0, 0.1) is 0 Å². The first-order valence-corrected chi connectivity index (χ1v) is 8.40. The standard InChI is InChI=1S/C21H27NO3/c1-14(15-10-12-16(13-11-15)21(2,3)4)22-20(23)19-17(24-5)8-7-9-18(19)25-6/h7-14H,1-6H3,(H,22,23)/t14-/m1/s1. The lowest BCUT2D eigenvalue weighted by molar-refractivity contribution is 0.0933. The lowest BCUT2D eigenvalue weighted by Crippen LogP contribution is -2.27. The fraction of sp³-hybridized carbons (Fsp3) is 0.381. The predicted molar refractivity (Wildman–Crippen MR) is 101 cm³/mol. The number of amides is 1. The van der Waals surface area contributed by atoms with Crippen molar-refractivity contribution in [3.8, 4) is 11.5 Å². The van der Waals surface area contributed by atoms with Gasteiger partial charge < -0.3 is 14.8 Å². The van der Waals surface area contributed by atoms with Crippen molar-refractivity contribution in [3.05, 3.63) is 59.2 Å². The maximum Gasteiger partial charge on any atom is 0.259 e. The number of hydrogen-bond donors (Lipinski definition) is 1. The van der Waals surface area contributed by atoms with E-state index >= 15 is 0 Å². The Hall–Kier alpha value is -2.49. The number of rotatable bonds is 5. The summed E-state index contributed by atoms with van der Waals surface area (Å²) < 4.78 is 10.6. The van der Waals surface area contributed by atoms with E-state index < -0.39 is 0 Å². The first-order valence-electron chi connectivity index (χ1n) is 8.40. The molecular weight excluding hydrogens is 314 g/mol. The zero-order valence-electron chi connectivity index (χ0n) is 15.8. The number of carbonyl (C=O) groups excluding carboxylic acids is 1. The van der Waals surface area contributed by atoms with E-state index in [0.29, 0.717) is 17.1 Å². The molecule has 25 heavy (non-hydrogen) atoms. The van der Waals surface area contributed by atoms with Crippen molar-refractivity contribution in [2.45, 2.75) is 39.2 Å². The Morgan fingerprint density at radius 1 is 0.960 bits per heavy atom. The number of nitrogens with one attached hydrogen (secondary N) is 1. The molecular formula is C21H27NO3. The minimum atomic E-state index is -0.221. The predicted octanol–water partition coefficient (Wildman–Crippen LogP) is 4.49. The molecule has 0 aliphatic rings. The lowest BCUT2D eigenvalue weighted by atomic mass is 9.86. The third-order valence-corrected chi connectivity index (χ3v) is 4.28. The second kappa shape index (κ2) is 7.60. The van der Waals surface area contributed by atoms with Gasteiger partial charge in [0.25, 0.3) is 5.91 Å². The van der Waals surface area contributed by atoms with Crippen molar-refractivity contribution < 1.29 is 14.3 Å². The van der Waals surface area contributed by atoms with E-state index in [-0.39, 0.29) is 17.4 Å². The zero-order chi connectivity index (χ0) is 18.6. The molecule has 1 atom stereocenters. The van der Waals surface area contributed by atoms with Gasteiger partial charge in [0.2, 0.25) is 0 Å². The van der Waals surface area contributed by atoms with Crippen LogP contribution in [0.5, 0.6) is 11.5 Å². The molecule has 2 aromatic rings. The van der Waals surface area contributed by atoms with Crippen molar-refractivity contribution in [3.63, 3.8) is 0 Å². The maximum absolute atomic E-state index is 12.7. The van der Waals surface area contributed by atoms with Gasteiger partial charge in [-0.25, -0.2) is 0 Å². The summed E-state index contributed by atoms with van der Waals surface area (Å²) in [4.78, 5) is 12.7. The van der Waals surface area contributed by atoms with Crippen LogP contribution < -0.4 is 14.8 Å². The molecule has 4 heteroatoms. The molecule has 0 aliphatic carbocycles. The topological polar surface area (TPSA) is 47.6 Å². The van der Waals surface area contributed by atoms with Crippen LogP contribution in [0.15, 0.2) is 42.5 Å². The molecule has 0 spiro atoms. The van der Waals surface area contributed by atoms with Gasteiger partial charge in [0.1, 0.15) is 17.1 Å². The van der Waals surface area contributed by atoms with Gasteiger partial charge in [-0.2, -0.15) is 0 Å². The van der Waals surface area contributed by atoms with E-state index in [1.165, 1.54) is 5.56 Å². The molecule has 0 saturated heterocycles. The average molecular weight is 341 g/mol. The molecule has 0 aromatic heterocycles. The average Bonchev–Trinajstić information content (AvgIpc) is 2.60. The molecule has 1 N–H and O–H groups in total. The molecule has 0 heterocycles. The third-order valence-electron chi connectivity index (χ3n) is 4.28. The molecule has 2 aromatic carbocycles.